The molecule has 0 radical (unpaired) electrons. The second-order valence-corrected chi connectivity index (χ2v) is 4.61. The molecule has 104 valence electrons. The van der Waals surface area contributed by atoms with Crippen molar-refractivity contribution in [1.29, 1.82) is 0 Å². The smallest absolute Gasteiger partial charge is 0.276 e. The van der Waals surface area contributed by atoms with Crippen molar-refractivity contribution >= 4 is 17.2 Å². The Balaban J connectivity index is 2.65. The second kappa shape index (κ2) is 5.83. The van der Waals surface area contributed by atoms with E-state index >= 15 is 0 Å². The number of ether oxygens (including phenoxy) is 1. The van der Waals surface area contributed by atoms with Crippen LogP contribution >= 0.6 is 12.2 Å². The number of hydrogen-bond donors (Lipinski definition) is 1. The molecule has 1 aromatic carbocycles. The topological polar surface area (TPSA) is 70.1 Å². The van der Waals surface area contributed by atoms with Gasteiger partial charge in [0.05, 0.1) is 17.9 Å². The molecular weight excluding hydrogens is 274 g/mol. The lowest BCUT2D eigenvalue weighted by atomic mass is 10.1. The average Bonchev–Trinajstić information content (AvgIpc) is 2.42. The summed E-state index contributed by atoms with van der Waals surface area (Å²) in [5.41, 5.74) is 6.94. The van der Waals surface area contributed by atoms with Crippen molar-refractivity contribution in [3.05, 3.63) is 46.2 Å². The fourth-order valence-electron chi connectivity index (χ4n) is 1.88. The Morgan fingerprint density at radius 2 is 2.15 bits per heavy atom. The molecule has 0 amide bonds. The number of para-hydroxylation sites is 1. The van der Waals surface area contributed by atoms with Gasteiger partial charge in [-0.2, -0.15) is 5.10 Å². The highest BCUT2D eigenvalue weighted by molar-refractivity contribution is 7.80. The van der Waals surface area contributed by atoms with Crippen LogP contribution in [0.2, 0.25) is 0 Å². The van der Waals surface area contributed by atoms with Crippen LogP contribution in [0.25, 0.3) is 11.3 Å². The van der Waals surface area contributed by atoms with Crippen LogP contribution in [0.3, 0.4) is 0 Å². The summed E-state index contributed by atoms with van der Waals surface area (Å²) in [4.78, 5) is 12.0. The summed E-state index contributed by atoms with van der Waals surface area (Å²) in [6.45, 7) is 2.45. The minimum Gasteiger partial charge on any atom is -0.493 e. The molecule has 0 spiro atoms. The van der Waals surface area contributed by atoms with Gasteiger partial charge in [-0.05, 0) is 25.1 Å². The van der Waals surface area contributed by atoms with E-state index in [4.69, 9.17) is 22.7 Å². The van der Waals surface area contributed by atoms with Crippen molar-refractivity contribution in [3.63, 3.8) is 0 Å². The van der Waals surface area contributed by atoms with Crippen LogP contribution in [0.5, 0.6) is 5.75 Å². The number of nitrogens with two attached hydrogens (primary N) is 1. The Bertz CT molecular complexity index is 710. The first-order valence-electron chi connectivity index (χ1n) is 6.15. The van der Waals surface area contributed by atoms with Gasteiger partial charge >= 0.3 is 0 Å². The second-order valence-electron chi connectivity index (χ2n) is 4.17. The Labute approximate surface area is 122 Å². The standard InChI is InChI=1S/C14H15N3O2S/c1-3-19-12-7-5-4-6-9(12)11-8-10(13(15)20)14(18)17(2)16-11/h4-8H,3H2,1-2H3,(H2,15,20). The maximum atomic E-state index is 11.9. The minimum atomic E-state index is -0.310. The quantitative estimate of drug-likeness (QED) is 0.863. The summed E-state index contributed by atoms with van der Waals surface area (Å²) in [7, 11) is 1.57. The van der Waals surface area contributed by atoms with E-state index in [1.165, 1.54) is 4.68 Å². The molecule has 0 unspecified atom stereocenters. The normalized spacial score (nSPS) is 10.3. The van der Waals surface area contributed by atoms with E-state index in [-0.39, 0.29) is 16.1 Å². The highest BCUT2D eigenvalue weighted by Gasteiger charge is 2.13. The molecule has 0 aliphatic rings. The monoisotopic (exact) mass is 289 g/mol. The minimum absolute atomic E-state index is 0.0585. The molecule has 6 heteroatoms. The summed E-state index contributed by atoms with van der Waals surface area (Å²) >= 11 is 4.91. The molecule has 0 atom stereocenters. The van der Waals surface area contributed by atoms with E-state index in [0.29, 0.717) is 18.1 Å². The van der Waals surface area contributed by atoms with Crippen molar-refractivity contribution in [1.82, 2.24) is 9.78 Å². The van der Waals surface area contributed by atoms with Gasteiger partial charge in [0.1, 0.15) is 10.7 Å². The lowest BCUT2D eigenvalue weighted by molar-refractivity contribution is 0.341. The van der Waals surface area contributed by atoms with Crippen molar-refractivity contribution < 1.29 is 4.74 Å². The zero-order valence-electron chi connectivity index (χ0n) is 11.3. The van der Waals surface area contributed by atoms with Crippen molar-refractivity contribution in [2.75, 3.05) is 6.61 Å². The van der Waals surface area contributed by atoms with E-state index in [0.717, 1.165) is 5.56 Å². The van der Waals surface area contributed by atoms with Crippen LogP contribution < -0.4 is 16.0 Å². The number of hydrogen-bond acceptors (Lipinski definition) is 4. The van der Waals surface area contributed by atoms with Crippen molar-refractivity contribution in [3.8, 4) is 17.0 Å². The van der Waals surface area contributed by atoms with Crippen LogP contribution in [-0.4, -0.2) is 21.4 Å². The van der Waals surface area contributed by atoms with Crippen LogP contribution in [0.1, 0.15) is 12.5 Å². The Morgan fingerprint density at radius 3 is 2.80 bits per heavy atom. The molecule has 0 saturated carbocycles. The molecule has 5 nitrogen and oxygen atoms in total. The fourth-order valence-corrected chi connectivity index (χ4v) is 2.02. The van der Waals surface area contributed by atoms with Gasteiger partial charge in [-0.25, -0.2) is 4.68 Å². The third-order valence-corrected chi connectivity index (χ3v) is 3.01. The number of aromatic nitrogens is 2. The Hall–Kier alpha value is -2.21. The third kappa shape index (κ3) is 2.70. The van der Waals surface area contributed by atoms with Crippen molar-refractivity contribution in [2.24, 2.45) is 12.8 Å². The fraction of sp³-hybridized carbons (Fsp3) is 0.214. The molecule has 2 N–H and O–H groups in total. The van der Waals surface area contributed by atoms with Crippen LogP contribution in [0, 0.1) is 0 Å². The van der Waals surface area contributed by atoms with E-state index in [1.807, 2.05) is 31.2 Å². The number of aryl methyl sites for hydroxylation is 1. The molecule has 2 rings (SSSR count). The number of benzene rings is 1. The summed E-state index contributed by atoms with van der Waals surface area (Å²) in [6.07, 6.45) is 0. The molecular formula is C14H15N3O2S. The van der Waals surface area contributed by atoms with E-state index in [2.05, 4.69) is 5.10 Å². The van der Waals surface area contributed by atoms with Crippen LogP contribution in [0.4, 0.5) is 0 Å². The Kier molecular flexibility index (Phi) is 4.14. The lowest BCUT2D eigenvalue weighted by Gasteiger charge is -2.11. The molecule has 0 fully saturated rings. The first-order valence-corrected chi connectivity index (χ1v) is 6.55. The highest BCUT2D eigenvalue weighted by Crippen LogP contribution is 2.28. The predicted molar refractivity (Wildman–Crippen MR) is 82.0 cm³/mol. The maximum Gasteiger partial charge on any atom is 0.276 e. The molecule has 0 bridgehead atoms. The summed E-state index contributed by atoms with van der Waals surface area (Å²) in [5, 5.41) is 4.24. The summed E-state index contributed by atoms with van der Waals surface area (Å²) in [5.74, 6) is 0.704. The largest absolute Gasteiger partial charge is 0.493 e. The SMILES string of the molecule is CCOc1ccccc1-c1cc(C(N)=S)c(=O)n(C)n1. The van der Waals surface area contributed by atoms with Gasteiger partial charge in [-0.15, -0.1) is 0 Å². The van der Waals surface area contributed by atoms with E-state index < -0.39 is 0 Å². The van der Waals surface area contributed by atoms with Gasteiger partial charge in [-0.1, -0.05) is 24.4 Å². The van der Waals surface area contributed by atoms with Crippen LogP contribution in [0.15, 0.2) is 35.1 Å². The molecule has 1 heterocycles. The zero-order valence-corrected chi connectivity index (χ0v) is 12.1. The van der Waals surface area contributed by atoms with Gasteiger partial charge in [0.15, 0.2) is 0 Å². The highest BCUT2D eigenvalue weighted by atomic mass is 32.1. The van der Waals surface area contributed by atoms with E-state index in [1.54, 1.807) is 13.1 Å². The molecule has 1 aromatic heterocycles. The van der Waals surface area contributed by atoms with Gasteiger partial charge in [0.25, 0.3) is 5.56 Å². The van der Waals surface area contributed by atoms with Gasteiger partial charge in [0, 0.05) is 12.6 Å². The summed E-state index contributed by atoms with van der Waals surface area (Å²) in [6, 6.07) is 9.09. The number of thiocarbonyl (C=S) groups is 1. The Morgan fingerprint density at radius 1 is 1.45 bits per heavy atom. The van der Waals surface area contributed by atoms with Gasteiger partial charge in [0.2, 0.25) is 0 Å². The van der Waals surface area contributed by atoms with E-state index in [9.17, 15) is 4.79 Å². The molecule has 20 heavy (non-hydrogen) atoms. The summed E-state index contributed by atoms with van der Waals surface area (Å²) < 4.78 is 6.80. The molecule has 0 aliphatic heterocycles. The predicted octanol–water partition coefficient (Wildman–Crippen LogP) is 1.48. The first-order chi connectivity index (χ1) is 9.54. The van der Waals surface area contributed by atoms with Gasteiger partial charge in [-0.3, -0.25) is 4.79 Å². The number of nitrogens with zero attached hydrogens (tertiary/aromatic N) is 2. The zero-order chi connectivity index (χ0) is 14.7. The number of rotatable bonds is 4. The maximum absolute atomic E-state index is 11.9. The van der Waals surface area contributed by atoms with Crippen molar-refractivity contribution in [2.45, 2.75) is 6.92 Å². The third-order valence-electron chi connectivity index (χ3n) is 2.79. The lowest BCUT2D eigenvalue weighted by Crippen LogP contribution is -2.29. The van der Waals surface area contributed by atoms with Crippen LogP contribution in [-0.2, 0) is 7.05 Å². The first kappa shape index (κ1) is 14.2. The average molecular weight is 289 g/mol. The molecule has 0 saturated heterocycles. The molecule has 2 aromatic rings. The molecule has 0 aliphatic carbocycles. The van der Waals surface area contributed by atoms with Gasteiger partial charge < -0.3 is 10.5 Å².